The van der Waals surface area contributed by atoms with Crippen molar-refractivity contribution >= 4 is 17.5 Å². The molecule has 0 saturated carbocycles. The van der Waals surface area contributed by atoms with Crippen molar-refractivity contribution in [3.05, 3.63) is 29.8 Å². The van der Waals surface area contributed by atoms with E-state index in [1.807, 2.05) is 0 Å². The molecule has 1 aromatic carbocycles. The molecule has 0 spiro atoms. The van der Waals surface area contributed by atoms with Crippen LogP contribution in [0, 0.1) is 11.6 Å². The molecule has 0 atom stereocenters. The van der Waals surface area contributed by atoms with Gasteiger partial charge in [0.1, 0.15) is 17.2 Å². The summed E-state index contributed by atoms with van der Waals surface area (Å²) in [6.07, 6.45) is 0.0467. The second-order valence-corrected chi connectivity index (χ2v) is 4.98. The highest BCUT2D eigenvalue weighted by molar-refractivity contribution is 6.03. The normalized spacial score (nSPS) is 19.1. The first kappa shape index (κ1) is 13.5. The van der Waals surface area contributed by atoms with Gasteiger partial charge in [-0.15, -0.1) is 0 Å². The Morgan fingerprint density at radius 2 is 1.95 bits per heavy atom. The number of carbonyl (C=O) groups is 2. The Bertz CT molecular complexity index is 543. The van der Waals surface area contributed by atoms with Crippen molar-refractivity contribution < 1.29 is 18.4 Å². The van der Waals surface area contributed by atoms with Crippen LogP contribution in [0.3, 0.4) is 0 Å². The van der Waals surface area contributed by atoms with Gasteiger partial charge in [-0.2, -0.15) is 0 Å². The van der Waals surface area contributed by atoms with Crippen LogP contribution in [0.4, 0.5) is 14.5 Å². The molecule has 2 amide bonds. The molecular formula is C13H14F2N2O2. The number of anilines is 1. The molecule has 1 heterocycles. The highest BCUT2D eigenvalue weighted by atomic mass is 19.1. The standard InChI is InChI=1S/C13H14F2N2O2/c1-13(2)12(19)17(6-5-11(18)16-13)10-7-8(14)3-4-9(10)15/h3-4,7H,5-6H2,1-2H3,(H,16,18). The maximum absolute atomic E-state index is 13.7. The topological polar surface area (TPSA) is 49.4 Å². The van der Waals surface area contributed by atoms with Gasteiger partial charge in [-0.1, -0.05) is 0 Å². The summed E-state index contributed by atoms with van der Waals surface area (Å²) in [5, 5.41) is 2.56. The van der Waals surface area contributed by atoms with Crippen molar-refractivity contribution in [2.24, 2.45) is 0 Å². The number of hydrogen-bond acceptors (Lipinski definition) is 2. The van der Waals surface area contributed by atoms with Crippen LogP contribution < -0.4 is 10.2 Å². The second kappa shape index (κ2) is 4.60. The second-order valence-electron chi connectivity index (χ2n) is 4.98. The van der Waals surface area contributed by atoms with E-state index in [1.54, 1.807) is 0 Å². The van der Waals surface area contributed by atoms with Crippen molar-refractivity contribution in [1.82, 2.24) is 5.32 Å². The minimum Gasteiger partial charge on any atom is -0.342 e. The van der Waals surface area contributed by atoms with Crippen LogP contribution in [0.25, 0.3) is 0 Å². The fraction of sp³-hybridized carbons (Fsp3) is 0.385. The molecule has 102 valence electrons. The Labute approximate surface area is 109 Å². The zero-order valence-electron chi connectivity index (χ0n) is 10.7. The number of carbonyl (C=O) groups excluding carboxylic acids is 2. The van der Waals surface area contributed by atoms with Gasteiger partial charge >= 0.3 is 0 Å². The van der Waals surface area contributed by atoms with Gasteiger partial charge in [0.15, 0.2) is 0 Å². The Morgan fingerprint density at radius 3 is 2.63 bits per heavy atom. The zero-order valence-corrected chi connectivity index (χ0v) is 10.7. The molecule has 1 fully saturated rings. The molecular weight excluding hydrogens is 254 g/mol. The Hall–Kier alpha value is -1.98. The van der Waals surface area contributed by atoms with E-state index < -0.39 is 23.1 Å². The van der Waals surface area contributed by atoms with Crippen molar-refractivity contribution in [2.45, 2.75) is 25.8 Å². The van der Waals surface area contributed by atoms with Crippen LogP contribution in [0.2, 0.25) is 0 Å². The number of amides is 2. The maximum Gasteiger partial charge on any atom is 0.252 e. The molecule has 1 aliphatic rings. The lowest BCUT2D eigenvalue weighted by atomic mass is 10.0. The summed E-state index contributed by atoms with van der Waals surface area (Å²) in [5.74, 6) is -2.09. The molecule has 2 rings (SSSR count). The molecule has 4 nitrogen and oxygen atoms in total. The number of halogens is 2. The molecule has 6 heteroatoms. The van der Waals surface area contributed by atoms with Crippen LogP contribution >= 0.6 is 0 Å². The number of rotatable bonds is 1. The van der Waals surface area contributed by atoms with E-state index >= 15 is 0 Å². The first-order valence-corrected chi connectivity index (χ1v) is 5.89. The van der Waals surface area contributed by atoms with Crippen LogP contribution in [0.1, 0.15) is 20.3 Å². The van der Waals surface area contributed by atoms with E-state index in [9.17, 15) is 18.4 Å². The number of hydrogen-bond donors (Lipinski definition) is 1. The predicted molar refractivity (Wildman–Crippen MR) is 65.5 cm³/mol. The number of nitrogens with zero attached hydrogens (tertiary/aromatic N) is 1. The summed E-state index contributed by atoms with van der Waals surface area (Å²) in [4.78, 5) is 24.9. The van der Waals surface area contributed by atoms with E-state index in [-0.39, 0.29) is 24.6 Å². The smallest absolute Gasteiger partial charge is 0.252 e. The third kappa shape index (κ3) is 2.57. The number of nitrogens with one attached hydrogen (secondary N) is 1. The monoisotopic (exact) mass is 268 g/mol. The molecule has 0 unspecified atom stereocenters. The lowest BCUT2D eigenvalue weighted by Gasteiger charge is -2.29. The van der Waals surface area contributed by atoms with Gasteiger partial charge in [0.2, 0.25) is 5.91 Å². The highest BCUT2D eigenvalue weighted by Gasteiger charge is 2.37. The first-order chi connectivity index (χ1) is 8.81. The molecule has 1 aliphatic heterocycles. The van der Waals surface area contributed by atoms with Crippen LogP contribution in [0.5, 0.6) is 0 Å². The molecule has 1 aromatic rings. The fourth-order valence-electron chi connectivity index (χ4n) is 2.04. The van der Waals surface area contributed by atoms with E-state index in [0.717, 1.165) is 23.1 Å². The molecule has 19 heavy (non-hydrogen) atoms. The molecule has 0 aliphatic carbocycles. The summed E-state index contributed by atoms with van der Waals surface area (Å²) in [6.45, 7) is 3.08. The van der Waals surface area contributed by atoms with Gasteiger partial charge in [0.05, 0.1) is 5.69 Å². The SMILES string of the molecule is CC1(C)NC(=O)CCN(c2cc(F)ccc2F)C1=O. The van der Waals surface area contributed by atoms with Crippen LogP contribution in [-0.4, -0.2) is 23.9 Å². The van der Waals surface area contributed by atoms with Crippen LogP contribution in [0.15, 0.2) is 18.2 Å². The molecule has 0 radical (unpaired) electrons. The quantitative estimate of drug-likeness (QED) is 0.841. The summed E-state index contributed by atoms with van der Waals surface area (Å²) in [7, 11) is 0. The Balaban J connectivity index is 2.45. The predicted octanol–water partition coefficient (Wildman–Crippen LogP) is 1.60. The summed E-state index contributed by atoms with van der Waals surface area (Å²) < 4.78 is 27.0. The minimum atomic E-state index is -1.15. The lowest BCUT2D eigenvalue weighted by molar-refractivity contribution is -0.128. The van der Waals surface area contributed by atoms with Gasteiger partial charge in [-0.3, -0.25) is 9.59 Å². The van der Waals surface area contributed by atoms with Gasteiger partial charge in [0.25, 0.3) is 5.91 Å². The molecule has 1 N–H and O–H groups in total. The summed E-state index contributed by atoms with van der Waals surface area (Å²) in [5.41, 5.74) is -1.29. The lowest BCUT2D eigenvalue weighted by Crippen LogP contribution is -2.53. The third-order valence-electron chi connectivity index (χ3n) is 2.99. The first-order valence-electron chi connectivity index (χ1n) is 5.89. The van der Waals surface area contributed by atoms with Crippen molar-refractivity contribution in [1.29, 1.82) is 0 Å². The van der Waals surface area contributed by atoms with Crippen molar-refractivity contribution in [3.63, 3.8) is 0 Å². The van der Waals surface area contributed by atoms with Gasteiger partial charge in [-0.05, 0) is 26.0 Å². The highest BCUT2D eigenvalue weighted by Crippen LogP contribution is 2.25. The van der Waals surface area contributed by atoms with Gasteiger partial charge in [-0.25, -0.2) is 8.78 Å². The van der Waals surface area contributed by atoms with E-state index in [4.69, 9.17) is 0 Å². The van der Waals surface area contributed by atoms with Crippen molar-refractivity contribution in [2.75, 3.05) is 11.4 Å². The minimum absolute atomic E-state index is 0.0223. The van der Waals surface area contributed by atoms with E-state index in [0.29, 0.717) is 0 Å². The average Bonchev–Trinajstić information content (AvgIpc) is 2.41. The molecule has 0 aromatic heterocycles. The summed E-state index contributed by atoms with van der Waals surface area (Å²) in [6, 6.07) is 2.90. The van der Waals surface area contributed by atoms with E-state index in [2.05, 4.69) is 5.32 Å². The fourth-order valence-corrected chi connectivity index (χ4v) is 2.04. The maximum atomic E-state index is 13.7. The number of benzene rings is 1. The third-order valence-corrected chi connectivity index (χ3v) is 2.99. The Morgan fingerprint density at radius 1 is 1.26 bits per heavy atom. The summed E-state index contributed by atoms with van der Waals surface area (Å²) >= 11 is 0. The van der Waals surface area contributed by atoms with E-state index in [1.165, 1.54) is 13.8 Å². The molecule has 0 bridgehead atoms. The van der Waals surface area contributed by atoms with Crippen molar-refractivity contribution in [3.8, 4) is 0 Å². The zero-order chi connectivity index (χ0) is 14.2. The Kier molecular flexibility index (Phi) is 3.26. The molecule has 1 saturated heterocycles. The van der Waals surface area contributed by atoms with Gasteiger partial charge < -0.3 is 10.2 Å². The largest absolute Gasteiger partial charge is 0.342 e. The average molecular weight is 268 g/mol. The van der Waals surface area contributed by atoms with Crippen LogP contribution in [-0.2, 0) is 9.59 Å². The van der Waals surface area contributed by atoms with Gasteiger partial charge in [0, 0.05) is 19.0 Å².